The second-order valence-corrected chi connectivity index (χ2v) is 5.31. The highest BCUT2D eigenvalue weighted by atomic mass is 16.5. The van der Waals surface area contributed by atoms with Gasteiger partial charge < -0.3 is 9.47 Å². The predicted molar refractivity (Wildman–Crippen MR) is 84.5 cm³/mol. The summed E-state index contributed by atoms with van der Waals surface area (Å²) < 4.78 is 11.4. The van der Waals surface area contributed by atoms with Gasteiger partial charge in [-0.2, -0.15) is 0 Å². The van der Waals surface area contributed by atoms with Crippen molar-refractivity contribution in [2.45, 2.75) is 26.0 Å². The molecule has 3 nitrogen and oxygen atoms in total. The average molecular weight is 281 g/mol. The lowest BCUT2D eigenvalue weighted by molar-refractivity contribution is 0.284. The molecule has 0 spiro atoms. The monoisotopic (exact) mass is 281 g/mol. The topological polar surface area (TPSA) is 30.8 Å². The highest BCUT2D eigenvalue weighted by molar-refractivity contribution is 5.84. The molecule has 0 aromatic heterocycles. The first kappa shape index (κ1) is 13.7. The fourth-order valence-electron chi connectivity index (χ4n) is 2.50. The summed E-state index contributed by atoms with van der Waals surface area (Å²) in [4.78, 5) is 4.45. The molecule has 1 atom stereocenters. The summed E-state index contributed by atoms with van der Waals surface area (Å²) in [6, 6.07) is 14.6. The van der Waals surface area contributed by atoms with E-state index in [1.807, 2.05) is 30.5 Å². The maximum absolute atomic E-state index is 5.95. The van der Waals surface area contributed by atoms with Crippen LogP contribution in [0, 0.1) is 0 Å². The van der Waals surface area contributed by atoms with E-state index in [4.69, 9.17) is 9.47 Å². The van der Waals surface area contributed by atoms with E-state index >= 15 is 0 Å². The smallest absolute Gasteiger partial charge is 0.161 e. The molecule has 0 radical (unpaired) electrons. The van der Waals surface area contributed by atoms with Gasteiger partial charge in [-0.15, -0.1) is 0 Å². The molecule has 0 N–H and O–H groups in total. The molecule has 2 aromatic carbocycles. The van der Waals surface area contributed by atoms with Gasteiger partial charge in [0, 0.05) is 6.21 Å². The number of methoxy groups -OCH3 is 1. The van der Waals surface area contributed by atoms with Crippen LogP contribution >= 0.6 is 0 Å². The van der Waals surface area contributed by atoms with Crippen molar-refractivity contribution in [3.8, 4) is 11.5 Å². The molecule has 108 valence electrons. The van der Waals surface area contributed by atoms with Crippen molar-refractivity contribution in [1.82, 2.24) is 0 Å². The Morgan fingerprint density at radius 1 is 1.14 bits per heavy atom. The van der Waals surface area contributed by atoms with E-state index in [9.17, 15) is 0 Å². The zero-order valence-corrected chi connectivity index (χ0v) is 12.4. The van der Waals surface area contributed by atoms with Crippen LogP contribution in [-0.4, -0.2) is 19.4 Å². The highest BCUT2D eigenvalue weighted by Gasteiger charge is 2.16. The summed E-state index contributed by atoms with van der Waals surface area (Å²) in [5.74, 6) is 1.55. The highest BCUT2D eigenvalue weighted by Crippen LogP contribution is 2.33. The first-order chi connectivity index (χ1) is 10.3. The quantitative estimate of drug-likeness (QED) is 0.856. The van der Waals surface area contributed by atoms with E-state index in [-0.39, 0.29) is 0 Å². The average Bonchev–Trinajstić information content (AvgIpc) is 2.53. The molecule has 1 aliphatic rings. The van der Waals surface area contributed by atoms with E-state index < -0.39 is 0 Å². The Labute approximate surface area is 125 Å². The van der Waals surface area contributed by atoms with Crippen LogP contribution in [0.5, 0.6) is 11.5 Å². The predicted octanol–water partition coefficient (Wildman–Crippen LogP) is 3.64. The molecule has 3 rings (SSSR count). The van der Waals surface area contributed by atoms with Crippen LogP contribution in [0.4, 0.5) is 0 Å². The Kier molecular flexibility index (Phi) is 3.91. The van der Waals surface area contributed by atoms with Crippen LogP contribution in [0.15, 0.2) is 47.5 Å². The molecular formula is C18H19NO2. The van der Waals surface area contributed by atoms with Gasteiger partial charge in [-0.3, -0.25) is 4.99 Å². The molecule has 0 aliphatic carbocycles. The number of rotatable bonds is 4. The van der Waals surface area contributed by atoms with E-state index in [1.54, 1.807) is 7.11 Å². The van der Waals surface area contributed by atoms with Crippen molar-refractivity contribution < 1.29 is 9.47 Å². The van der Waals surface area contributed by atoms with Gasteiger partial charge in [0.05, 0.1) is 13.2 Å². The lowest BCUT2D eigenvalue weighted by Crippen LogP contribution is -2.12. The second-order valence-electron chi connectivity index (χ2n) is 5.31. The lowest BCUT2D eigenvalue weighted by atomic mass is 9.98. The van der Waals surface area contributed by atoms with Crippen molar-refractivity contribution in [2.75, 3.05) is 7.11 Å². The third kappa shape index (κ3) is 3.07. The molecular weight excluding hydrogens is 262 g/mol. The molecule has 0 bridgehead atoms. The Bertz CT molecular complexity index is 650. The number of nitrogens with zero attached hydrogens (tertiary/aromatic N) is 1. The molecule has 0 unspecified atom stereocenters. The number of hydrogen-bond acceptors (Lipinski definition) is 3. The van der Waals surface area contributed by atoms with Crippen LogP contribution in [0.2, 0.25) is 0 Å². The van der Waals surface area contributed by atoms with Crippen molar-refractivity contribution in [3.05, 3.63) is 59.2 Å². The van der Waals surface area contributed by atoms with E-state index in [0.29, 0.717) is 12.6 Å². The van der Waals surface area contributed by atoms with Crippen molar-refractivity contribution >= 4 is 6.21 Å². The molecule has 0 saturated carbocycles. The van der Waals surface area contributed by atoms with Gasteiger partial charge in [-0.25, -0.2) is 0 Å². The fourth-order valence-corrected chi connectivity index (χ4v) is 2.50. The van der Waals surface area contributed by atoms with Gasteiger partial charge in [0.1, 0.15) is 6.61 Å². The van der Waals surface area contributed by atoms with E-state index in [1.165, 1.54) is 5.56 Å². The molecule has 0 amide bonds. The van der Waals surface area contributed by atoms with Crippen LogP contribution in [0.3, 0.4) is 0 Å². The van der Waals surface area contributed by atoms with E-state index in [0.717, 1.165) is 29.0 Å². The third-order valence-corrected chi connectivity index (χ3v) is 3.65. The Morgan fingerprint density at radius 3 is 2.71 bits per heavy atom. The fraction of sp³-hybridized carbons (Fsp3) is 0.278. The number of ether oxygens (including phenoxy) is 2. The van der Waals surface area contributed by atoms with Crippen LogP contribution < -0.4 is 9.47 Å². The third-order valence-electron chi connectivity index (χ3n) is 3.65. The molecule has 1 aliphatic heterocycles. The first-order valence-electron chi connectivity index (χ1n) is 7.17. The van der Waals surface area contributed by atoms with E-state index in [2.05, 4.69) is 30.1 Å². The van der Waals surface area contributed by atoms with Crippen molar-refractivity contribution in [2.24, 2.45) is 4.99 Å². The lowest BCUT2D eigenvalue weighted by Gasteiger charge is -2.19. The number of hydrogen-bond donors (Lipinski definition) is 0. The second kappa shape index (κ2) is 6.00. The van der Waals surface area contributed by atoms with Gasteiger partial charge in [0.25, 0.3) is 0 Å². The van der Waals surface area contributed by atoms with Gasteiger partial charge in [0.15, 0.2) is 11.5 Å². The molecule has 0 saturated heterocycles. The maximum atomic E-state index is 5.95. The van der Waals surface area contributed by atoms with Gasteiger partial charge >= 0.3 is 0 Å². The van der Waals surface area contributed by atoms with Gasteiger partial charge in [0.2, 0.25) is 0 Å². The van der Waals surface area contributed by atoms with Crippen LogP contribution in [0.1, 0.15) is 23.6 Å². The minimum absolute atomic E-state index is 0.327. The van der Waals surface area contributed by atoms with Crippen LogP contribution in [-0.2, 0) is 13.0 Å². The number of fused-ring (bicyclic) bond motifs is 1. The number of aliphatic imine (C=N–C) groups is 1. The van der Waals surface area contributed by atoms with Gasteiger partial charge in [-0.1, -0.05) is 30.3 Å². The summed E-state index contributed by atoms with van der Waals surface area (Å²) in [5, 5.41) is 0. The summed E-state index contributed by atoms with van der Waals surface area (Å²) in [6.07, 6.45) is 2.87. The van der Waals surface area contributed by atoms with Crippen molar-refractivity contribution in [3.63, 3.8) is 0 Å². The minimum Gasteiger partial charge on any atom is -0.493 e. The molecule has 2 aromatic rings. The Hall–Kier alpha value is -2.29. The zero-order valence-electron chi connectivity index (χ0n) is 12.4. The summed E-state index contributed by atoms with van der Waals surface area (Å²) in [7, 11) is 1.67. The van der Waals surface area contributed by atoms with Crippen LogP contribution in [0.25, 0.3) is 0 Å². The largest absolute Gasteiger partial charge is 0.493 e. The normalized spacial score (nSPS) is 16.4. The zero-order chi connectivity index (χ0) is 14.7. The summed E-state index contributed by atoms with van der Waals surface area (Å²) >= 11 is 0. The summed E-state index contributed by atoms with van der Waals surface area (Å²) in [6.45, 7) is 2.66. The summed E-state index contributed by atoms with van der Waals surface area (Å²) in [5.41, 5.74) is 3.53. The van der Waals surface area contributed by atoms with Gasteiger partial charge in [-0.05, 0) is 42.2 Å². The SMILES string of the molecule is COc1cc2c(cc1OCc1ccccc1)C[C@@H](C)N=C2. The first-order valence-corrected chi connectivity index (χ1v) is 7.17. The minimum atomic E-state index is 0.327. The Morgan fingerprint density at radius 2 is 1.95 bits per heavy atom. The molecule has 0 fully saturated rings. The maximum Gasteiger partial charge on any atom is 0.161 e. The number of benzene rings is 2. The molecule has 1 heterocycles. The van der Waals surface area contributed by atoms with Crippen molar-refractivity contribution in [1.29, 1.82) is 0 Å². The molecule has 3 heteroatoms. The Balaban J connectivity index is 1.84. The molecule has 21 heavy (non-hydrogen) atoms. The standard InChI is InChI=1S/C18H19NO2/c1-13-8-15-9-18(17(20-2)10-16(15)11-19-13)21-12-14-6-4-3-5-7-14/h3-7,9-11,13H,8,12H2,1-2H3/t13-/m1/s1.